The fourth-order valence-corrected chi connectivity index (χ4v) is 0.0456. The average molecular weight is 86.1 g/mol. The lowest BCUT2D eigenvalue weighted by molar-refractivity contribution is 0.284. The molecule has 0 aromatic rings. The summed E-state index contributed by atoms with van der Waals surface area (Å²) in [6.45, 7) is 3.22. The zero-order valence-corrected chi connectivity index (χ0v) is 3.56. The molecule has 0 aromatic heterocycles. The molecule has 0 bridgehead atoms. The van der Waals surface area contributed by atoms with Gasteiger partial charge in [-0.1, -0.05) is 0 Å². The minimum Gasteiger partial charge on any atom is -0.480 e. The smallest absolute Gasteiger partial charge is 0.224 e. The first-order chi connectivity index (χ1) is 2.81. The van der Waals surface area contributed by atoms with Crippen LogP contribution in [-0.4, -0.2) is 7.11 Å². The summed E-state index contributed by atoms with van der Waals surface area (Å²) in [7, 11) is 1.42. The van der Waals surface area contributed by atoms with E-state index in [1.807, 2.05) is 0 Å². The van der Waals surface area contributed by atoms with Gasteiger partial charge < -0.3 is 4.74 Å². The van der Waals surface area contributed by atoms with E-state index in [1.54, 1.807) is 0 Å². The van der Waals surface area contributed by atoms with Gasteiger partial charge in [0, 0.05) is 0 Å². The number of nitrogens with one attached hydrogen (secondary N) is 1. The van der Waals surface area contributed by atoms with E-state index >= 15 is 0 Å². The molecule has 3 nitrogen and oxygen atoms in total. The molecular weight excluding hydrogens is 80.0 g/mol. The predicted octanol–water partition coefficient (Wildman–Crippen LogP) is 1.13. The van der Waals surface area contributed by atoms with E-state index in [4.69, 9.17) is 5.53 Å². The van der Waals surface area contributed by atoms with Crippen LogP contribution in [0, 0.1) is 5.53 Å². The van der Waals surface area contributed by atoms with Gasteiger partial charge in [-0.05, 0) is 6.58 Å². The van der Waals surface area contributed by atoms with Gasteiger partial charge in [0.15, 0.2) is 0 Å². The zero-order chi connectivity index (χ0) is 4.99. The second-order valence-corrected chi connectivity index (χ2v) is 0.710. The first kappa shape index (κ1) is 5.14. The third kappa shape index (κ3) is 1.46. The maximum absolute atomic E-state index is 6.21. The molecular formula is C3H6N2O. The monoisotopic (exact) mass is 86.0 g/mol. The van der Waals surface area contributed by atoms with Crippen LogP contribution in [-0.2, 0) is 4.74 Å². The lowest BCUT2D eigenvalue weighted by atomic mass is 11.0. The molecule has 0 amide bonds. The molecule has 0 heterocycles. The van der Waals surface area contributed by atoms with Crippen LogP contribution in [0.3, 0.4) is 0 Å². The average Bonchev–Trinajstić information content (AvgIpc) is 1.65. The summed E-state index contributed by atoms with van der Waals surface area (Å²) in [6, 6.07) is 0. The van der Waals surface area contributed by atoms with Crippen molar-refractivity contribution in [1.29, 1.82) is 5.53 Å². The first-order valence-electron chi connectivity index (χ1n) is 1.41. The summed E-state index contributed by atoms with van der Waals surface area (Å²) in [5.41, 5.74) is 6.21. The van der Waals surface area contributed by atoms with Crippen LogP contribution in [0.25, 0.3) is 0 Å². The van der Waals surface area contributed by atoms with Gasteiger partial charge in [0.05, 0.1) is 7.11 Å². The summed E-state index contributed by atoms with van der Waals surface area (Å²) in [5, 5.41) is 2.84. The van der Waals surface area contributed by atoms with Crippen molar-refractivity contribution in [3.05, 3.63) is 12.5 Å². The standard InChI is InChI=1S/C3H6N2O/c1-3(5-4)6-2/h4H,1H2,2H3. The van der Waals surface area contributed by atoms with Crippen molar-refractivity contribution in [3.63, 3.8) is 0 Å². The summed E-state index contributed by atoms with van der Waals surface area (Å²) in [6.07, 6.45) is 0. The van der Waals surface area contributed by atoms with Crippen LogP contribution in [0.15, 0.2) is 17.6 Å². The molecule has 0 unspecified atom stereocenters. The van der Waals surface area contributed by atoms with Gasteiger partial charge >= 0.3 is 0 Å². The molecule has 0 aliphatic rings. The fourth-order valence-electron chi connectivity index (χ4n) is 0.0456. The Labute approximate surface area is 36.1 Å². The van der Waals surface area contributed by atoms with Crippen molar-refractivity contribution >= 4 is 0 Å². The molecule has 0 rings (SSSR count). The van der Waals surface area contributed by atoms with Crippen LogP contribution >= 0.6 is 0 Å². The molecule has 0 aromatic carbocycles. The van der Waals surface area contributed by atoms with Crippen LogP contribution in [0.5, 0.6) is 0 Å². The van der Waals surface area contributed by atoms with Crippen LogP contribution in [0.4, 0.5) is 0 Å². The maximum atomic E-state index is 6.21. The number of nitrogens with zero attached hydrogens (tertiary/aromatic N) is 1. The highest BCUT2D eigenvalue weighted by atomic mass is 16.5. The summed E-state index contributed by atoms with van der Waals surface area (Å²) >= 11 is 0. The Morgan fingerprint density at radius 1 is 2.00 bits per heavy atom. The number of hydrogen-bond acceptors (Lipinski definition) is 3. The molecule has 0 aliphatic heterocycles. The summed E-state index contributed by atoms with van der Waals surface area (Å²) < 4.78 is 4.35. The predicted molar refractivity (Wildman–Crippen MR) is 21.3 cm³/mol. The molecule has 34 valence electrons. The maximum Gasteiger partial charge on any atom is 0.224 e. The van der Waals surface area contributed by atoms with Gasteiger partial charge in [-0.25, -0.2) is 5.53 Å². The molecule has 0 atom stereocenters. The Morgan fingerprint density at radius 3 is 2.50 bits per heavy atom. The van der Waals surface area contributed by atoms with Gasteiger partial charge in [-0.15, -0.1) is 5.11 Å². The van der Waals surface area contributed by atoms with Crippen molar-refractivity contribution in [2.45, 2.75) is 0 Å². The highest BCUT2D eigenvalue weighted by Gasteiger charge is 1.75. The third-order valence-electron chi connectivity index (χ3n) is 0.360. The van der Waals surface area contributed by atoms with Crippen molar-refractivity contribution < 1.29 is 4.74 Å². The van der Waals surface area contributed by atoms with E-state index in [9.17, 15) is 0 Å². The third-order valence-corrected chi connectivity index (χ3v) is 0.360. The Morgan fingerprint density at radius 2 is 2.50 bits per heavy atom. The molecule has 0 fully saturated rings. The molecule has 0 radical (unpaired) electrons. The molecule has 1 N–H and O–H groups in total. The van der Waals surface area contributed by atoms with E-state index in [0.29, 0.717) is 0 Å². The van der Waals surface area contributed by atoms with E-state index in [2.05, 4.69) is 16.4 Å². The number of hydrogen-bond donors (Lipinski definition) is 1. The molecule has 3 heteroatoms. The minimum absolute atomic E-state index is 0.134. The van der Waals surface area contributed by atoms with E-state index < -0.39 is 0 Å². The van der Waals surface area contributed by atoms with Crippen LogP contribution in [0.1, 0.15) is 0 Å². The topological polar surface area (TPSA) is 45.4 Å². The van der Waals surface area contributed by atoms with E-state index in [0.717, 1.165) is 0 Å². The fraction of sp³-hybridized carbons (Fsp3) is 0.333. The number of ether oxygens (including phenoxy) is 1. The SMILES string of the molecule is C=C(N=N)OC. The largest absolute Gasteiger partial charge is 0.480 e. The van der Waals surface area contributed by atoms with Crippen molar-refractivity contribution in [3.8, 4) is 0 Å². The normalized spacial score (nSPS) is 6.83. The Balaban J connectivity index is 3.23. The lowest BCUT2D eigenvalue weighted by Gasteiger charge is -1.87. The lowest BCUT2D eigenvalue weighted by Crippen LogP contribution is -1.72. The van der Waals surface area contributed by atoms with Gasteiger partial charge in [0.1, 0.15) is 0 Å². The second-order valence-electron chi connectivity index (χ2n) is 0.710. The Kier molecular flexibility index (Phi) is 2.04. The van der Waals surface area contributed by atoms with Crippen molar-refractivity contribution in [2.75, 3.05) is 7.11 Å². The quantitative estimate of drug-likeness (QED) is 0.397. The van der Waals surface area contributed by atoms with Crippen molar-refractivity contribution in [2.24, 2.45) is 5.11 Å². The second kappa shape index (κ2) is 2.38. The first-order valence-corrected chi connectivity index (χ1v) is 1.41. The van der Waals surface area contributed by atoms with Gasteiger partial charge in [-0.3, -0.25) is 0 Å². The summed E-state index contributed by atoms with van der Waals surface area (Å²) in [4.78, 5) is 0. The molecule has 0 saturated heterocycles. The highest BCUT2D eigenvalue weighted by molar-refractivity contribution is 4.72. The van der Waals surface area contributed by atoms with E-state index in [1.165, 1.54) is 7.11 Å². The summed E-state index contributed by atoms with van der Waals surface area (Å²) in [5.74, 6) is 0.134. The Bertz CT molecular complexity index is 69.2. The van der Waals surface area contributed by atoms with Crippen LogP contribution in [0.2, 0.25) is 0 Å². The highest BCUT2D eigenvalue weighted by Crippen LogP contribution is 1.86. The molecule has 6 heavy (non-hydrogen) atoms. The van der Waals surface area contributed by atoms with Crippen LogP contribution < -0.4 is 0 Å². The number of methoxy groups -OCH3 is 1. The van der Waals surface area contributed by atoms with Gasteiger partial charge in [-0.2, -0.15) is 0 Å². The number of rotatable bonds is 2. The van der Waals surface area contributed by atoms with E-state index in [-0.39, 0.29) is 5.88 Å². The van der Waals surface area contributed by atoms with Gasteiger partial charge in [0.25, 0.3) is 0 Å². The molecule has 0 saturated carbocycles. The zero-order valence-electron chi connectivity index (χ0n) is 3.56. The molecule has 0 aliphatic carbocycles. The Hall–Kier alpha value is -0.860. The minimum atomic E-state index is 0.134. The van der Waals surface area contributed by atoms with Gasteiger partial charge in [0.2, 0.25) is 5.88 Å². The molecule has 0 spiro atoms. The van der Waals surface area contributed by atoms with Crippen molar-refractivity contribution in [1.82, 2.24) is 0 Å².